The minimum absolute atomic E-state index is 0.282. The lowest BCUT2D eigenvalue weighted by Crippen LogP contribution is -2.38. The molecule has 6 nitrogen and oxygen atoms in total. The first kappa shape index (κ1) is 17.5. The Kier molecular flexibility index (Phi) is 4.57. The molecule has 1 N–H and O–H groups in total. The van der Waals surface area contributed by atoms with Gasteiger partial charge in [0, 0.05) is 10.9 Å². The van der Waals surface area contributed by atoms with Crippen molar-refractivity contribution in [1.82, 2.24) is 9.88 Å². The molecule has 1 fully saturated rings. The van der Waals surface area contributed by atoms with Crippen LogP contribution in [0.3, 0.4) is 0 Å². The maximum atomic E-state index is 13.0. The van der Waals surface area contributed by atoms with Crippen LogP contribution in [0.15, 0.2) is 41.8 Å². The molecule has 0 spiro atoms. The minimum Gasteiger partial charge on any atom is -0.300 e. The van der Waals surface area contributed by atoms with Gasteiger partial charge in [0.2, 0.25) is 17.7 Å². The number of benzene rings is 1. The largest absolute Gasteiger partial charge is 0.300 e. The lowest BCUT2D eigenvalue weighted by Gasteiger charge is -2.14. The van der Waals surface area contributed by atoms with Crippen molar-refractivity contribution in [2.45, 2.75) is 12.8 Å². The minimum atomic E-state index is -0.469. The van der Waals surface area contributed by atoms with Crippen LogP contribution in [0, 0.1) is 17.7 Å². The number of halogens is 1. The summed E-state index contributed by atoms with van der Waals surface area (Å²) in [6.07, 6.45) is 4.90. The summed E-state index contributed by atoms with van der Waals surface area (Å²) < 4.78 is 13.0. The number of hydrogen-bond acceptors (Lipinski definition) is 5. The van der Waals surface area contributed by atoms with Crippen LogP contribution >= 0.6 is 11.3 Å². The molecule has 1 aliphatic carbocycles. The molecule has 8 heteroatoms. The third kappa shape index (κ3) is 3.40. The van der Waals surface area contributed by atoms with E-state index in [0.29, 0.717) is 23.7 Å². The maximum Gasteiger partial charge on any atom is 0.246 e. The third-order valence-electron chi connectivity index (χ3n) is 4.79. The molecule has 2 aromatic rings. The highest BCUT2D eigenvalue weighted by Gasteiger charge is 2.47. The van der Waals surface area contributed by atoms with E-state index in [-0.39, 0.29) is 36.0 Å². The summed E-state index contributed by atoms with van der Waals surface area (Å²) in [5.74, 6) is -2.06. The van der Waals surface area contributed by atoms with Crippen molar-refractivity contribution in [1.29, 1.82) is 0 Å². The Balaban J connectivity index is 1.41. The summed E-state index contributed by atoms with van der Waals surface area (Å²) in [6, 6.07) is 5.89. The van der Waals surface area contributed by atoms with Crippen molar-refractivity contribution in [3.63, 3.8) is 0 Å². The zero-order valence-electron chi connectivity index (χ0n) is 14.2. The van der Waals surface area contributed by atoms with E-state index in [2.05, 4.69) is 10.3 Å². The molecule has 0 radical (unpaired) electrons. The zero-order chi connectivity index (χ0) is 19.0. The second-order valence-electron chi connectivity index (χ2n) is 6.51. The topological polar surface area (TPSA) is 79.4 Å². The predicted octanol–water partition coefficient (Wildman–Crippen LogP) is 2.84. The summed E-state index contributed by atoms with van der Waals surface area (Å²) >= 11 is 1.22. The van der Waals surface area contributed by atoms with Crippen molar-refractivity contribution in [3.05, 3.63) is 47.6 Å². The molecule has 1 aliphatic heterocycles. The van der Waals surface area contributed by atoms with Crippen LogP contribution in [-0.4, -0.2) is 34.2 Å². The van der Waals surface area contributed by atoms with Gasteiger partial charge in [-0.05, 0) is 37.1 Å². The van der Waals surface area contributed by atoms with Gasteiger partial charge in [-0.25, -0.2) is 9.37 Å². The molecule has 1 aromatic carbocycles. The molecule has 4 rings (SSSR count). The molecular weight excluding hydrogens is 369 g/mol. The number of carbonyl (C=O) groups is 3. The maximum absolute atomic E-state index is 13.0. The van der Waals surface area contributed by atoms with Crippen LogP contribution in [0.2, 0.25) is 0 Å². The number of nitrogens with one attached hydrogen (secondary N) is 1. The standard InChI is InChI=1S/C19H16FN3O3S/c20-12-7-5-11(6-8-12)15-10-27-19(21-15)22-16(24)9-23-17(25)13-3-1-2-4-14(13)18(23)26/h1-2,5-8,10,13-14H,3-4,9H2,(H,21,22,24)/t13-,14+. The smallest absolute Gasteiger partial charge is 0.246 e. The first-order valence-corrected chi connectivity index (χ1v) is 9.42. The Morgan fingerprint density at radius 1 is 1.15 bits per heavy atom. The van der Waals surface area contributed by atoms with E-state index in [9.17, 15) is 18.8 Å². The van der Waals surface area contributed by atoms with Gasteiger partial charge in [-0.2, -0.15) is 0 Å². The average Bonchev–Trinajstić information content (AvgIpc) is 3.22. The van der Waals surface area contributed by atoms with E-state index in [0.717, 1.165) is 10.5 Å². The highest BCUT2D eigenvalue weighted by molar-refractivity contribution is 7.14. The van der Waals surface area contributed by atoms with Crippen molar-refractivity contribution in [3.8, 4) is 11.3 Å². The number of amides is 3. The third-order valence-corrected chi connectivity index (χ3v) is 5.55. The van der Waals surface area contributed by atoms with Crippen molar-refractivity contribution >= 4 is 34.2 Å². The van der Waals surface area contributed by atoms with Gasteiger partial charge >= 0.3 is 0 Å². The van der Waals surface area contributed by atoms with Crippen LogP contribution in [0.4, 0.5) is 9.52 Å². The first-order valence-electron chi connectivity index (χ1n) is 8.54. The van der Waals surface area contributed by atoms with Crippen LogP contribution in [0.5, 0.6) is 0 Å². The van der Waals surface area contributed by atoms with Gasteiger partial charge in [-0.1, -0.05) is 12.2 Å². The van der Waals surface area contributed by atoms with Crippen LogP contribution < -0.4 is 5.32 Å². The molecule has 0 saturated carbocycles. The fraction of sp³-hybridized carbons (Fsp3) is 0.263. The molecule has 2 atom stereocenters. The molecule has 1 saturated heterocycles. The molecule has 0 unspecified atom stereocenters. The molecule has 2 aliphatic rings. The number of rotatable bonds is 4. The Labute approximate surface area is 158 Å². The number of imide groups is 1. The number of hydrogen-bond donors (Lipinski definition) is 1. The molecule has 138 valence electrons. The van der Waals surface area contributed by atoms with Crippen LogP contribution in [0.1, 0.15) is 12.8 Å². The number of nitrogens with zero attached hydrogens (tertiary/aromatic N) is 2. The molecule has 1 aromatic heterocycles. The summed E-state index contributed by atoms with van der Waals surface area (Å²) in [5.41, 5.74) is 1.34. The predicted molar refractivity (Wildman–Crippen MR) is 98.2 cm³/mol. The van der Waals surface area contributed by atoms with Gasteiger partial charge in [0.25, 0.3) is 0 Å². The number of thiazole rings is 1. The number of likely N-dealkylation sites (tertiary alicyclic amines) is 1. The van der Waals surface area contributed by atoms with Crippen molar-refractivity contribution in [2.24, 2.45) is 11.8 Å². The van der Waals surface area contributed by atoms with Gasteiger partial charge in [-0.3, -0.25) is 19.3 Å². The van der Waals surface area contributed by atoms with Gasteiger partial charge < -0.3 is 5.32 Å². The number of allylic oxidation sites excluding steroid dienone is 2. The van der Waals surface area contributed by atoms with E-state index < -0.39 is 5.91 Å². The quantitative estimate of drug-likeness (QED) is 0.648. The van der Waals surface area contributed by atoms with Crippen LogP contribution in [-0.2, 0) is 14.4 Å². The highest BCUT2D eigenvalue weighted by Crippen LogP contribution is 2.35. The zero-order valence-corrected chi connectivity index (χ0v) is 15.0. The Morgan fingerprint density at radius 2 is 1.78 bits per heavy atom. The van der Waals surface area contributed by atoms with Crippen molar-refractivity contribution in [2.75, 3.05) is 11.9 Å². The Hall–Kier alpha value is -2.87. The van der Waals surface area contributed by atoms with E-state index in [1.54, 1.807) is 17.5 Å². The number of carbonyl (C=O) groups excluding carboxylic acids is 3. The molecule has 3 amide bonds. The number of aromatic nitrogens is 1. The summed E-state index contributed by atoms with van der Waals surface area (Å²) in [6.45, 7) is -0.309. The summed E-state index contributed by atoms with van der Waals surface area (Å²) in [7, 11) is 0. The molecular formula is C19H16FN3O3S. The van der Waals surface area contributed by atoms with Gasteiger partial charge in [-0.15, -0.1) is 11.3 Å². The van der Waals surface area contributed by atoms with Crippen molar-refractivity contribution < 1.29 is 18.8 Å². The molecule has 0 bridgehead atoms. The SMILES string of the molecule is O=C(CN1C(=O)[C@H]2CC=CC[C@H]2C1=O)Nc1nc(-c2ccc(F)cc2)cs1. The number of anilines is 1. The second kappa shape index (κ2) is 7.03. The van der Waals surface area contributed by atoms with Crippen LogP contribution in [0.25, 0.3) is 11.3 Å². The highest BCUT2D eigenvalue weighted by atomic mass is 32.1. The molecule has 27 heavy (non-hydrogen) atoms. The second-order valence-corrected chi connectivity index (χ2v) is 7.37. The van der Waals surface area contributed by atoms with Gasteiger partial charge in [0.05, 0.1) is 17.5 Å². The Bertz CT molecular complexity index is 912. The van der Waals surface area contributed by atoms with E-state index in [1.807, 2.05) is 12.2 Å². The summed E-state index contributed by atoms with van der Waals surface area (Å²) in [4.78, 5) is 42.5. The summed E-state index contributed by atoms with van der Waals surface area (Å²) in [5, 5.41) is 4.73. The van der Waals surface area contributed by atoms with E-state index in [4.69, 9.17) is 0 Å². The first-order chi connectivity index (χ1) is 13.0. The Morgan fingerprint density at radius 3 is 2.41 bits per heavy atom. The fourth-order valence-electron chi connectivity index (χ4n) is 3.41. The number of fused-ring (bicyclic) bond motifs is 1. The van der Waals surface area contributed by atoms with E-state index in [1.165, 1.54) is 23.5 Å². The van der Waals surface area contributed by atoms with E-state index >= 15 is 0 Å². The van der Waals surface area contributed by atoms with Gasteiger partial charge in [0.1, 0.15) is 12.4 Å². The normalized spacial score (nSPS) is 21.4. The monoisotopic (exact) mass is 385 g/mol. The average molecular weight is 385 g/mol. The lowest BCUT2D eigenvalue weighted by molar-refractivity contribution is -0.142. The molecule has 2 heterocycles. The van der Waals surface area contributed by atoms with Gasteiger partial charge in [0.15, 0.2) is 5.13 Å². The lowest BCUT2D eigenvalue weighted by atomic mass is 9.85. The fourth-order valence-corrected chi connectivity index (χ4v) is 4.15.